The largest absolute Gasteiger partial charge is 0.226 e. The van der Waals surface area contributed by atoms with E-state index in [4.69, 9.17) is 0 Å². The van der Waals surface area contributed by atoms with E-state index in [0.29, 0.717) is 0 Å². The molecule has 130 heavy (non-hydrogen) atoms. The molecule has 0 unspecified atom stereocenters. The minimum absolute atomic E-state index is 0. The number of hydrogen-bond donors (Lipinski definition) is 0. The standard InChI is InChI=1S/2C14H12.3C12H12.3C8H10.10C2H6.22Y/c1-11-3-7-13(8-4-11)14-9-5-12(2)6-10-14;1-11-5-3-7-13(9-11)14-8-4-6-12(2)10-14;1-9-3-5-12-8-10(2)4-6-11(12)7-9;1-9-5-3-8-12-10(2)6-4-7-11(9)12;1-9-7-8-10(2)12-6-4-3-5-11(9)12;1-7-3-5-8(2)6-4-7;1-7-4-3-5-8(2)6-7;1-7-5-3-4-6-8(7)2;10*1-2;;;;;;;;;;;;;;;;;;;;;;/h3-7,9H,1-2H3;3-6,9-10H,1-2H3;3*3-8H,1-2H3;3*3-6H,1-2H3;10*1-2H3;;;;;;;;;;;;;;;;;;;;;;/q2*-2;;;;;;;;;;;;;;;;;;;;;;;;;;;;;;;;;;;;;;. The first kappa shape index (κ1) is 216. The molecule has 0 saturated heterocycles. The molecule has 0 fully saturated rings. The molecule has 652 valence electrons. The quantitative estimate of drug-likeness (QED) is 0.151. The minimum Gasteiger partial charge on any atom is -0.226 e. The van der Waals surface area contributed by atoms with E-state index in [1.807, 2.05) is 163 Å². The van der Waals surface area contributed by atoms with Crippen LogP contribution in [0, 0.1) is 135 Å². The third-order valence-electron chi connectivity index (χ3n) is 15.1. The van der Waals surface area contributed by atoms with Crippen LogP contribution in [0.15, 0.2) is 255 Å². The van der Waals surface area contributed by atoms with Gasteiger partial charge in [-0.1, -0.05) is 382 Å². The molecule has 0 amide bonds. The molecule has 13 aromatic rings. The van der Waals surface area contributed by atoms with Crippen molar-refractivity contribution in [2.24, 2.45) is 0 Å². The Bertz CT molecular complexity index is 4010. The molecule has 0 atom stereocenters. The van der Waals surface area contributed by atoms with Gasteiger partial charge in [-0.05, 0) is 149 Å². The summed E-state index contributed by atoms with van der Waals surface area (Å²) in [7, 11) is 0. The van der Waals surface area contributed by atoms with Crippen LogP contribution < -0.4 is 0 Å². The molecule has 0 aliphatic carbocycles. The Kier molecular flexibility index (Phi) is 253. The molecule has 13 aromatic carbocycles. The summed E-state index contributed by atoms with van der Waals surface area (Å²) in [5.41, 5.74) is 25.6. The van der Waals surface area contributed by atoms with Gasteiger partial charge in [-0.3, -0.25) is 0 Å². The first-order valence-electron chi connectivity index (χ1n) is 40.6. The summed E-state index contributed by atoms with van der Waals surface area (Å²) >= 11 is 0. The zero-order chi connectivity index (χ0) is 83.5. The first-order valence-corrected chi connectivity index (χ1v) is 40.6. The maximum Gasteiger partial charge on any atom is 0 e. The Hall–Kier alpha value is 14.9. The molecule has 0 heterocycles. The van der Waals surface area contributed by atoms with Gasteiger partial charge in [0.15, 0.2) is 0 Å². The molecule has 0 N–H and O–H groups in total. The zero-order valence-corrected chi connectivity index (χ0v) is 150. The van der Waals surface area contributed by atoms with Gasteiger partial charge in [0.2, 0.25) is 0 Å². The molecule has 22 heteroatoms. The smallest absolute Gasteiger partial charge is 0 e. The van der Waals surface area contributed by atoms with Crippen molar-refractivity contribution in [2.45, 2.75) is 249 Å². The molecule has 0 saturated carbocycles. The number of hydrogen-bond acceptors (Lipinski definition) is 0. The van der Waals surface area contributed by atoms with E-state index in [2.05, 4.69) is 366 Å². The van der Waals surface area contributed by atoms with Crippen molar-refractivity contribution in [2.75, 3.05) is 0 Å². The Morgan fingerprint density at radius 2 is 0.338 bits per heavy atom. The second kappa shape index (κ2) is 152. The van der Waals surface area contributed by atoms with Crippen LogP contribution in [0.1, 0.15) is 227 Å². The molecule has 22 radical (unpaired) electrons. The topological polar surface area (TPSA) is 0 Å². The predicted molar refractivity (Wildman–Crippen MR) is 500 cm³/mol. The predicted octanol–water partition coefficient (Wildman–Crippen LogP) is 34.6. The SMILES string of the molecule is CC.CC.CC.CC.CC.CC.CC.CC.CC.CC.Cc1c[c-]c(-c2[c-]cc(C)cc2)cc1.Cc1cc[c-]c(-c2[c-]ccc(C)c2)c1.Cc1ccc(C)c2ccccc12.Cc1ccc(C)cc1.Cc1ccc2cc(C)ccc2c1.Cc1cccc(C)c1.Cc1cccc2c(C)cccc12.Cc1ccccc1C.[Y].[Y].[Y].[Y].[Y].[Y].[Y].[Y].[Y].[Y].[Y].[Y].[Y].[Y].[Y].[Y].[Y].[Y].[Y].[Y].[Y].[Y]. The Balaban J connectivity index is -0.0000000356. The number of aryl methyl sites for hydroxylation is 16. The molecule has 0 aromatic heterocycles. The van der Waals surface area contributed by atoms with Gasteiger partial charge in [-0.15, -0.1) is 34.4 Å². The molecular weight excluding hydrogens is 3250 g/mol. The van der Waals surface area contributed by atoms with Crippen LogP contribution >= 0.6 is 0 Å². The van der Waals surface area contributed by atoms with E-state index >= 15 is 0 Å². The number of rotatable bonds is 2. The summed E-state index contributed by atoms with van der Waals surface area (Å²) in [5, 5.41) is 8.16. The fraction of sp³-hybridized carbons (Fsp3) is 0.333. The van der Waals surface area contributed by atoms with Crippen molar-refractivity contribution >= 4 is 32.3 Å². The van der Waals surface area contributed by atoms with Gasteiger partial charge < -0.3 is 0 Å². The zero-order valence-electron chi connectivity index (χ0n) is 88.0. The average Bonchev–Trinajstić information content (AvgIpc) is 0.825. The molecule has 0 aliphatic heterocycles. The maximum atomic E-state index is 3.24. The Morgan fingerprint density at radius 1 is 0.138 bits per heavy atom. The molecule has 0 bridgehead atoms. The van der Waals surface area contributed by atoms with Crippen LogP contribution in [0.25, 0.3) is 54.6 Å². The fourth-order valence-electron chi connectivity index (χ4n) is 9.63. The third kappa shape index (κ3) is 107. The van der Waals surface area contributed by atoms with E-state index in [9.17, 15) is 0 Å². The fourth-order valence-corrected chi connectivity index (χ4v) is 9.63. The summed E-state index contributed by atoms with van der Waals surface area (Å²) in [5.74, 6) is 0. The van der Waals surface area contributed by atoms with Crippen LogP contribution in [0.2, 0.25) is 0 Å². The van der Waals surface area contributed by atoms with Crippen LogP contribution in [0.4, 0.5) is 0 Å². The van der Waals surface area contributed by atoms with Gasteiger partial charge >= 0.3 is 0 Å². The van der Waals surface area contributed by atoms with Crippen LogP contribution in [0.3, 0.4) is 0 Å². The van der Waals surface area contributed by atoms with Gasteiger partial charge in [0, 0.05) is 720 Å². The van der Waals surface area contributed by atoms with E-state index in [0.717, 1.165) is 22.3 Å². The Labute approximate surface area is 1360 Å². The first-order chi connectivity index (χ1) is 52.2. The monoisotopic (exact) mass is 3400 g/mol. The van der Waals surface area contributed by atoms with Crippen molar-refractivity contribution in [3.8, 4) is 22.3 Å². The second-order valence-electron chi connectivity index (χ2n) is 23.4. The molecule has 0 spiro atoms. The van der Waals surface area contributed by atoms with Crippen LogP contribution in [0.5, 0.6) is 0 Å². The molecular formula is C108H150Y22-4. The third-order valence-corrected chi connectivity index (χ3v) is 15.1. The normalized spacial score (nSPS) is 7.26. The van der Waals surface area contributed by atoms with Gasteiger partial charge in [-0.2, -0.15) is 84.9 Å². The summed E-state index contributed by atoms with van der Waals surface area (Å²) in [6, 6.07) is 102. The summed E-state index contributed by atoms with van der Waals surface area (Å²) in [6.45, 7) is 73.8. The summed E-state index contributed by atoms with van der Waals surface area (Å²) in [4.78, 5) is 0. The van der Waals surface area contributed by atoms with E-state index in [1.54, 1.807) is 0 Å². The number of benzene rings is 13. The summed E-state index contributed by atoms with van der Waals surface area (Å²) in [6.07, 6.45) is 0. The summed E-state index contributed by atoms with van der Waals surface area (Å²) < 4.78 is 0. The van der Waals surface area contributed by atoms with Crippen molar-refractivity contribution < 1.29 is 720 Å². The van der Waals surface area contributed by atoms with Gasteiger partial charge in [0.05, 0.1) is 0 Å². The molecule has 13 rings (SSSR count). The molecule has 0 nitrogen and oxygen atoms in total. The van der Waals surface area contributed by atoms with Gasteiger partial charge in [0.25, 0.3) is 0 Å². The van der Waals surface area contributed by atoms with Crippen LogP contribution in [-0.4, -0.2) is 0 Å². The minimum atomic E-state index is 0. The van der Waals surface area contributed by atoms with Crippen molar-refractivity contribution in [3.05, 3.63) is 368 Å². The van der Waals surface area contributed by atoms with Gasteiger partial charge in [0.1, 0.15) is 0 Å². The Morgan fingerprint density at radius 3 is 0.562 bits per heavy atom. The maximum absolute atomic E-state index is 3.24. The van der Waals surface area contributed by atoms with Gasteiger partial charge in [-0.25, -0.2) is 22.3 Å². The molecule has 0 aliphatic rings. The van der Waals surface area contributed by atoms with Crippen molar-refractivity contribution in [1.82, 2.24) is 0 Å². The van der Waals surface area contributed by atoms with Crippen molar-refractivity contribution in [1.29, 1.82) is 0 Å². The number of fused-ring (bicyclic) bond motifs is 3. The van der Waals surface area contributed by atoms with E-state index in [1.165, 1.54) is 121 Å². The van der Waals surface area contributed by atoms with E-state index in [-0.39, 0.29) is 720 Å². The van der Waals surface area contributed by atoms with Crippen LogP contribution in [-0.2, 0) is 720 Å². The van der Waals surface area contributed by atoms with Crippen molar-refractivity contribution in [3.63, 3.8) is 0 Å². The average molecular weight is 3400 g/mol. The second-order valence-corrected chi connectivity index (χ2v) is 23.4. The van der Waals surface area contributed by atoms with E-state index < -0.39 is 0 Å².